The first-order valence-corrected chi connectivity index (χ1v) is 6.45. The van der Waals surface area contributed by atoms with Crippen LogP contribution in [0, 0.1) is 12.8 Å². The van der Waals surface area contributed by atoms with Crippen LogP contribution in [0.4, 0.5) is 5.69 Å². The molecule has 1 fully saturated rings. The fourth-order valence-electron chi connectivity index (χ4n) is 2.75. The Bertz CT molecular complexity index is 343. The van der Waals surface area contributed by atoms with Gasteiger partial charge in [0.15, 0.2) is 0 Å². The maximum absolute atomic E-state index is 4.37. The average molecular weight is 221 g/mol. The molecule has 2 unspecified atom stereocenters. The van der Waals surface area contributed by atoms with Crippen molar-refractivity contribution in [2.45, 2.75) is 52.0 Å². The van der Waals surface area contributed by atoms with Crippen LogP contribution in [0.2, 0.25) is 0 Å². The molecule has 0 bridgehead atoms. The average Bonchev–Trinajstić information content (AvgIpc) is 2.58. The van der Waals surface area contributed by atoms with Gasteiger partial charge in [-0.05, 0) is 25.7 Å². The number of nitrogens with zero attached hydrogens (tertiary/aromatic N) is 2. The first kappa shape index (κ1) is 11.5. The number of aryl methyl sites for hydroxylation is 2. The van der Waals surface area contributed by atoms with Gasteiger partial charge in [-0.3, -0.25) is 4.68 Å². The summed E-state index contributed by atoms with van der Waals surface area (Å²) < 4.78 is 1.89. The molecule has 16 heavy (non-hydrogen) atoms. The van der Waals surface area contributed by atoms with Crippen molar-refractivity contribution in [3.05, 3.63) is 11.9 Å². The minimum atomic E-state index is 0.654. The fraction of sp³-hybridized carbons (Fsp3) is 0.769. The van der Waals surface area contributed by atoms with Gasteiger partial charge in [0.25, 0.3) is 0 Å². The predicted octanol–water partition coefficient (Wildman–Crippen LogP) is 3.11. The molecule has 3 nitrogen and oxygen atoms in total. The van der Waals surface area contributed by atoms with Crippen molar-refractivity contribution in [3.8, 4) is 0 Å². The van der Waals surface area contributed by atoms with Crippen LogP contribution in [0.5, 0.6) is 0 Å². The Morgan fingerprint density at radius 1 is 1.50 bits per heavy atom. The molecule has 1 saturated carbocycles. The quantitative estimate of drug-likeness (QED) is 0.850. The highest BCUT2D eigenvalue weighted by Crippen LogP contribution is 2.29. The molecule has 2 atom stereocenters. The third-order valence-electron chi connectivity index (χ3n) is 3.73. The van der Waals surface area contributed by atoms with Crippen LogP contribution < -0.4 is 5.32 Å². The monoisotopic (exact) mass is 221 g/mol. The number of hydrogen-bond acceptors (Lipinski definition) is 2. The first-order chi connectivity index (χ1) is 7.69. The van der Waals surface area contributed by atoms with E-state index in [4.69, 9.17) is 0 Å². The lowest BCUT2D eigenvalue weighted by atomic mass is 9.84. The van der Waals surface area contributed by atoms with Crippen LogP contribution in [0.3, 0.4) is 0 Å². The molecule has 0 radical (unpaired) electrons. The SMILES string of the molecule is CCC1CCCC(Nc2cn(C)nc2C)C1. The van der Waals surface area contributed by atoms with E-state index < -0.39 is 0 Å². The van der Waals surface area contributed by atoms with Gasteiger partial charge in [-0.1, -0.05) is 26.2 Å². The third kappa shape index (κ3) is 2.57. The maximum Gasteiger partial charge on any atom is 0.0825 e. The van der Waals surface area contributed by atoms with Crippen molar-refractivity contribution in [2.24, 2.45) is 13.0 Å². The van der Waals surface area contributed by atoms with Crippen LogP contribution in [-0.2, 0) is 7.05 Å². The molecule has 1 aliphatic rings. The summed E-state index contributed by atoms with van der Waals surface area (Å²) in [6, 6.07) is 0.654. The standard InChI is InChI=1S/C13H23N3/c1-4-11-6-5-7-12(8-11)14-13-9-16(3)15-10(13)2/h9,11-12,14H,4-8H2,1-3H3. The van der Waals surface area contributed by atoms with Crippen LogP contribution in [0.25, 0.3) is 0 Å². The lowest BCUT2D eigenvalue weighted by molar-refractivity contribution is 0.327. The highest BCUT2D eigenvalue weighted by Gasteiger charge is 2.21. The van der Waals surface area contributed by atoms with Crippen molar-refractivity contribution in [1.29, 1.82) is 0 Å². The fourth-order valence-corrected chi connectivity index (χ4v) is 2.75. The van der Waals surface area contributed by atoms with Crippen LogP contribution in [-0.4, -0.2) is 15.8 Å². The van der Waals surface area contributed by atoms with Gasteiger partial charge in [-0.25, -0.2) is 0 Å². The van der Waals surface area contributed by atoms with Gasteiger partial charge in [-0.2, -0.15) is 5.10 Å². The second-order valence-electron chi connectivity index (χ2n) is 5.08. The summed E-state index contributed by atoms with van der Waals surface area (Å²) in [5.41, 5.74) is 2.32. The molecule has 1 heterocycles. The molecule has 1 N–H and O–H groups in total. The number of hydrogen-bond donors (Lipinski definition) is 1. The molecule has 1 aliphatic carbocycles. The Morgan fingerprint density at radius 3 is 2.94 bits per heavy atom. The highest BCUT2D eigenvalue weighted by molar-refractivity contribution is 5.46. The first-order valence-electron chi connectivity index (χ1n) is 6.45. The molecule has 0 aromatic carbocycles. The van der Waals surface area contributed by atoms with Crippen LogP contribution in [0.1, 0.15) is 44.7 Å². The Kier molecular flexibility index (Phi) is 3.52. The van der Waals surface area contributed by atoms with Crippen molar-refractivity contribution < 1.29 is 0 Å². The molecule has 1 aromatic heterocycles. The van der Waals surface area contributed by atoms with E-state index in [0.717, 1.165) is 11.6 Å². The van der Waals surface area contributed by atoms with Gasteiger partial charge in [0.1, 0.15) is 0 Å². The number of aromatic nitrogens is 2. The Labute approximate surface area is 98.2 Å². The Morgan fingerprint density at radius 2 is 2.31 bits per heavy atom. The lowest BCUT2D eigenvalue weighted by Gasteiger charge is -2.29. The molecule has 0 aliphatic heterocycles. The van der Waals surface area contributed by atoms with Gasteiger partial charge in [0, 0.05) is 19.3 Å². The zero-order valence-corrected chi connectivity index (χ0v) is 10.7. The van der Waals surface area contributed by atoms with Gasteiger partial charge < -0.3 is 5.32 Å². The summed E-state index contributed by atoms with van der Waals surface area (Å²) in [4.78, 5) is 0. The van der Waals surface area contributed by atoms with Crippen molar-refractivity contribution >= 4 is 5.69 Å². The third-order valence-corrected chi connectivity index (χ3v) is 3.73. The lowest BCUT2D eigenvalue weighted by Crippen LogP contribution is -2.27. The smallest absolute Gasteiger partial charge is 0.0825 e. The van der Waals surface area contributed by atoms with E-state index in [-0.39, 0.29) is 0 Å². The number of rotatable bonds is 3. The van der Waals surface area contributed by atoms with Gasteiger partial charge >= 0.3 is 0 Å². The highest BCUT2D eigenvalue weighted by atomic mass is 15.3. The summed E-state index contributed by atoms with van der Waals surface area (Å²) in [7, 11) is 1.98. The minimum Gasteiger partial charge on any atom is -0.380 e. The topological polar surface area (TPSA) is 29.9 Å². The molecule has 1 aromatic rings. The van der Waals surface area contributed by atoms with E-state index >= 15 is 0 Å². The van der Waals surface area contributed by atoms with Crippen LogP contribution >= 0.6 is 0 Å². The summed E-state index contributed by atoms with van der Waals surface area (Å²) >= 11 is 0. The molecule has 0 saturated heterocycles. The Balaban J connectivity index is 1.96. The number of anilines is 1. The molecule has 90 valence electrons. The van der Waals surface area contributed by atoms with Crippen molar-refractivity contribution in [1.82, 2.24) is 9.78 Å². The second-order valence-corrected chi connectivity index (χ2v) is 5.08. The van der Waals surface area contributed by atoms with E-state index in [2.05, 4.69) is 30.5 Å². The number of nitrogens with one attached hydrogen (secondary N) is 1. The zero-order valence-electron chi connectivity index (χ0n) is 10.7. The molecular formula is C13H23N3. The summed E-state index contributed by atoms with van der Waals surface area (Å²) in [6.45, 7) is 4.38. The molecule has 0 amide bonds. The minimum absolute atomic E-state index is 0.654. The van der Waals surface area contributed by atoms with Gasteiger partial charge in [0.05, 0.1) is 11.4 Å². The summed E-state index contributed by atoms with van der Waals surface area (Å²) in [5, 5.41) is 8.02. The van der Waals surface area contributed by atoms with E-state index in [1.165, 1.54) is 37.8 Å². The largest absolute Gasteiger partial charge is 0.380 e. The van der Waals surface area contributed by atoms with Gasteiger partial charge in [-0.15, -0.1) is 0 Å². The van der Waals surface area contributed by atoms with Gasteiger partial charge in [0.2, 0.25) is 0 Å². The predicted molar refractivity (Wildman–Crippen MR) is 67.6 cm³/mol. The van der Waals surface area contributed by atoms with Crippen molar-refractivity contribution in [2.75, 3.05) is 5.32 Å². The maximum atomic E-state index is 4.37. The van der Waals surface area contributed by atoms with Crippen LogP contribution in [0.15, 0.2) is 6.20 Å². The molecular weight excluding hydrogens is 198 g/mol. The molecule has 3 heteroatoms. The second kappa shape index (κ2) is 4.89. The molecule has 2 rings (SSSR count). The van der Waals surface area contributed by atoms with E-state index in [9.17, 15) is 0 Å². The normalized spacial score (nSPS) is 25.7. The van der Waals surface area contributed by atoms with E-state index in [1.807, 2.05) is 11.7 Å². The van der Waals surface area contributed by atoms with Crippen molar-refractivity contribution in [3.63, 3.8) is 0 Å². The summed E-state index contributed by atoms with van der Waals surface area (Å²) in [6.07, 6.45) is 8.83. The van der Waals surface area contributed by atoms with E-state index in [0.29, 0.717) is 6.04 Å². The van der Waals surface area contributed by atoms with E-state index in [1.54, 1.807) is 0 Å². The molecule has 0 spiro atoms. The Hall–Kier alpha value is -0.990. The zero-order chi connectivity index (χ0) is 11.5. The summed E-state index contributed by atoms with van der Waals surface area (Å²) in [5.74, 6) is 0.920.